The number of hydrogen-bond acceptors (Lipinski definition) is 1. The van der Waals surface area contributed by atoms with E-state index in [0.717, 1.165) is 0 Å². The fourth-order valence-corrected chi connectivity index (χ4v) is 0.670. The number of anilines is 1. The zero-order valence-electron chi connectivity index (χ0n) is 6.63. The van der Waals surface area contributed by atoms with Crippen LogP contribution in [0, 0.1) is 5.82 Å². The molecule has 54 valence electrons. The van der Waals surface area contributed by atoms with E-state index in [2.05, 4.69) is 5.32 Å². The Kier molecular flexibility index (Phi) is 5.29. The number of rotatable bonds is 1. The van der Waals surface area contributed by atoms with Gasteiger partial charge in [0, 0.05) is 0 Å². The fraction of sp³-hybridized carbons (Fsp3) is 0.143. The third-order valence-corrected chi connectivity index (χ3v) is 1.24. The minimum Gasteiger partial charge on any atom is -0.687 e. The molecule has 0 bridgehead atoms. The predicted molar refractivity (Wildman–Crippen MR) is 39.8 cm³/mol. The molecule has 0 aromatic heterocycles. The molecule has 0 unspecified atom stereocenters. The average molecular weight is 178 g/mol. The molecule has 2 N–H and O–H groups in total. The first-order chi connectivity index (χ1) is 4.74. The second-order valence-electron chi connectivity index (χ2n) is 1.93. The summed E-state index contributed by atoms with van der Waals surface area (Å²) in [4.78, 5) is 0. The van der Waals surface area contributed by atoms with Crippen molar-refractivity contribution in [3.05, 3.63) is 29.3 Å². The monoisotopic (exact) mass is 178 g/mol. The number of nitrogen functional groups attached to an aromatic ring is 1. The Labute approximate surface area is 108 Å². The van der Waals surface area contributed by atoms with Gasteiger partial charge in [-0.3, -0.25) is 0 Å². The maximum Gasteiger partial charge on any atom is 1.00 e. The molecule has 0 radical (unpaired) electrons. The molecule has 0 spiro atoms. The van der Waals surface area contributed by atoms with E-state index in [1.807, 2.05) is 0 Å². The van der Waals surface area contributed by atoms with Crippen LogP contribution in [-0.4, -0.2) is 7.05 Å². The van der Waals surface area contributed by atoms with E-state index in [4.69, 9.17) is 5.73 Å². The summed E-state index contributed by atoms with van der Waals surface area (Å²) in [7, 11) is 1.63. The van der Waals surface area contributed by atoms with Gasteiger partial charge in [-0.15, -0.1) is 12.7 Å². The molecule has 1 aromatic rings. The van der Waals surface area contributed by atoms with Crippen molar-refractivity contribution in [3.63, 3.8) is 0 Å². The van der Waals surface area contributed by atoms with Gasteiger partial charge in [-0.25, -0.2) is 4.39 Å². The van der Waals surface area contributed by atoms with Crippen LogP contribution >= 0.6 is 0 Å². The van der Waals surface area contributed by atoms with E-state index in [1.165, 1.54) is 12.1 Å². The Morgan fingerprint density at radius 2 is 2.09 bits per heavy atom. The number of nitrogens with two attached hydrogens (primary N) is 1. The van der Waals surface area contributed by atoms with Gasteiger partial charge >= 0.3 is 51.4 Å². The number of halogens is 1. The first-order valence-corrected chi connectivity index (χ1v) is 2.89. The predicted octanol–water partition coefficient (Wildman–Crippen LogP) is -0.953. The van der Waals surface area contributed by atoms with Crippen LogP contribution in [0.1, 0.15) is 0 Å². The summed E-state index contributed by atoms with van der Waals surface area (Å²) in [5, 5.41) is 3.83. The molecule has 0 atom stereocenters. The molecule has 0 heterocycles. The van der Waals surface area contributed by atoms with Crippen molar-refractivity contribution in [1.29, 1.82) is 0 Å². The van der Waals surface area contributed by atoms with Crippen molar-refractivity contribution in [2.75, 3.05) is 12.8 Å². The topological polar surface area (TPSA) is 40.1 Å². The van der Waals surface area contributed by atoms with E-state index in [-0.39, 0.29) is 57.1 Å². The van der Waals surface area contributed by atoms with Crippen LogP contribution in [-0.2, 0) is 0 Å². The van der Waals surface area contributed by atoms with Gasteiger partial charge in [0.15, 0.2) is 0 Å². The van der Waals surface area contributed by atoms with Gasteiger partial charge in [-0.1, -0.05) is 12.1 Å². The Bertz CT molecular complexity index is 240. The van der Waals surface area contributed by atoms with E-state index in [9.17, 15) is 4.39 Å². The molecular weight excluding hydrogens is 170 g/mol. The van der Waals surface area contributed by atoms with E-state index in [1.54, 1.807) is 13.1 Å². The molecule has 1 aromatic carbocycles. The molecule has 0 aliphatic heterocycles. The normalized spacial score (nSPS) is 8.55. The molecule has 0 saturated heterocycles. The molecule has 1 rings (SSSR count). The largest absolute Gasteiger partial charge is 1.00 e. The average Bonchev–Trinajstić information content (AvgIpc) is 1.95. The summed E-state index contributed by atoms with van der Waals surface area (Å²) < 4.78 is 12.5. The summed E-state index contributed by atoms with van der Waals surface area (Å²) in [5.41, 5.74) is 6.10. The summed E-state index contributed by atoms with van der Waals surface area (Å²) in [6.07, 6.45) is 0. The molecular formula is C7H8FKN2. The SMILES string of the molecule is C[N-]c1ccc(F)c(N)c1.[K+]. The quantitative estimate of drug-likeness (QED) is 0.437. The van der Waals surface area contributed by atoms with Crippen LogP contribution in [0.3, 0.4) is 0 Å². The minimum absolute atomic E-state index is 0. The van der Waals surface area contributed by atoms with Gasteiger partial charge in [-0.05, 0) is 6.07 Å². The molecule has 11 heavy (non-hydrogen) atoms. The molecule has 0 amide bonds. The van der Waals surface area contributed by atoms with Crippen LogP contribution in [0.4, 0.5) is 15.8 Å². The van der Waals surface area contributed by atoms with Gasteiger partial charge in [0.2, 0.25) is 0 Å². The van der Waals surface area contributed by atoms with Gasteiger partial charge < -0.3 is 11.1 Å². The van der Waals surface area contributed by atoms with Crippen molar-refractivity contribution in [3.8, 4) is 0 Å². The standard InChI is InChI=1S/C7H8FN2.K/c1-10-5-2-3-6(8)7(9)4-5;/h2-4H,9H2,1H3;/q-1;+1. The van der Waals surface area contributed by atoms with E-state index >= 15 is 0 Å². The van der Waals surface area contributed by atoms with Crippen molar-refractivity contribution >= 4 is 11.4 Å². The van der Waals surface area contributed by atoms with Crippen LogP contribution in [0.15, 0.2) is 18.2 Å². The number of benzene rings is 1. The van der Waals surface area contributed by atoms with E-state index < -0.39 is 5.82 Å². The third-order valence-electron chi connectivity index (χ3n) is 1.24. The van der Waals surface area contributed by atoms with E-state index in [0.29, 0.717) is 5.69 Å². The van der Waals surface area contributed by atoms with Crippen molar-refractivity contribution in [2.24, 2.45) is 0 Å². The summed E-state index contributed by atoms with van der Waals surface area (Å²) >= 11 is 0. The maximum absolute atomic E-state index is 12.5. The zero-order valence-corrected chi connectivity index (χ0v) is 9.76. The Balaban J connectivity index is 0.000001000. The minimum atomic E-state index is -0.396. The van der Waals surface area contributed by atoms with Gasteiger partial charge in [0.25, 0.3) is 0 Å². The Hall–Kier alpha value is 0.386. The van der Waals surface area contributed by atoms with Crippen molar-refractivity contribution in [2.45, 2.75) is 0 Å². The van der Waals surface area contributed by atoms with Crippen LogP contribution in [0.2, 0.25) is 0 Å². The third kappa shape index (κ3) is 3.09. The first kappa shape index (κ1) is 11.4. The molecule has 0 aliphatic rings. The van der Waals surface area contributed by atoms with Crippen molar-refractivity contribution < 1.29 is 55.8 Å². The molecule has 0 saturated carbocycles. The maximum atomic E-state index is 12.5. The summed E-state index contributed by atoms with van der Waals surface area (Å²) in [6.45, 7) is 0. The smallest absolute Gasteiger partial charge is 0.687 e. The Morgan fingerprint density at radius 1 is 1.45 bits per heavy atom. The van der Waals surface area contributed by atoms with Gasteiger partial charge in [0.1, 0.15) is 5.82 Å². The Morgan fingerprint density at radius 3 is 2.55 bits per heavy atom. The van der Waals surface area contributed by atoms with Crippen LogP contribution in [0.25, 0.3) is 5.32 Å². The molecule has 4 heteroatoms. The van der Waals surface area contributed by atoms with Crippen LogP contribution in [0.5, 0.6) is 0 Å². The van der Waals surface area contributed by atoms with Gasteiger partial charge in [0.05, 0.1) is 5.69 Å². The second-order valence-corrected chi connectivity index (χ2v) is 1.93. The van der Waals surface area contributed by atoms with Crippen molar-refractivity contribution in [1.82, 2.24) is 0 Å². The zero-order chi connectivity index (χ0) is 7.56. The molecule has 0 aliphatic carbocycles. The number of hydrogen-bond donors (Lipinski definition) is 1. The second kappa shape index (κ2) is 5.11. The van der Waals surface area contributed by atoms with Crippen LogP contribution < -0.4 is 57.1 Å². The molecule has 2 nitrogen and oxygen atoms in total. The number of nitrogens with zero attached hydrogens (tertiary/aromatic N) is 1. The van der Waals surface area contributed by atoms with Gasteiger partial charge in [-0.2, -0.15) is 0 Å². The molecule has 0 fully saturated rings. The fourth-order valence-electron chi connectivity index (χ4n) is 0.670. The summed E-state index contributed by atoms with van der Waals surface area (Å²) in [5.74, 6) is -0.396. The summed E-state index contributed by atoms with van der Waals surface area (Å²) in [6, 6.07) is 4.37. The first-order valence-electron chi connectivity index (χ1n) is 2.89.